The molecule has 2 heterocycles. The zero-order valence-corrected chi connectivity index (χ0v) is 23.5. The second-order valence-electron chi connectivity index (χ2n) is 9.93. The molecule has 4 rings (SSSR count). The molecule has 2 aromatic rings. The summed E-state index contributed by atoms with van der Waals surface area (Å²) in [5.41, 5.74) is 3.19. The van der Waals surface area contributed by atoms with E-state index in [0.29, 0.717) is 31.2 Å². The maximum atomic E-state index is 13.4. The van der Waals surface area contributed by atoms with Crippen LogP contribution in [0.25, 0.3) is 0 Å². The third-order valence-electron chi connectivity index (χ3n) is 7.40. The fourth-order valence-corrected chi connectivity index (χ4v) is 6.14. The van der Waals surface area contributed by atoms with Crippen LogP contribution in [0.3, 0.4) is 0 Å². The molecule has 2 aliphatic rings. The van der Waals surface area contributed by atoms with Crippen molar-refractivity contribution in [2.24, 2.45) is 5.92 Å². The van der Waals surface area contributed by atoms with Crippen LogP contribution in [0.1, 0.15) is 32.8 Å². The summed E-state index contributed by atoms with van der Waals surface area (Å²) >= 11 is 6.17. The summed E-state index contributed by atoms with van der Waals surface area (Å²) in [5, 5.41) is 8.26. The number of carbonyl (C=O) groups excluding carboxylic acids is 2. The lowest BCUT2D eigenvalue weighted by atomic mass is 10.00. The summed E-state index contributed by atoms with van der Waals surface area (Å²) in [6.07, 6.45) is 1.94. The number of fused-ring (bicyclic) bond motifs is 1. The quantitative estimate of drug-likeness (QED) is 0.503. The second-order valence-corrected chi connectivity index (χ2v) is 12.0. The molecule has 0 spiro atoms. The zero-order chi connectivity index (χ0) is 27.6. The molecule has 204 valence electrons. The van der Waals surface area contributed by atoms with Crippen molar-refractivity contribution >= 4 is 50.5 Å². The van der Waals surface area contributed by atoms with Gasteiger partial charge in [-0.1, -0.05) is 11.6 Å². The Labute approximate surface area is 229 Å². The van der Waals surface area contributed by atoms with Crippen molar-refractivity contribution < 1.29 is 18.0 Å². The Morgan fingerprint density at radius 1 is 1.00 bits per heavy atom. The highest BCUT2D eigenvalue weighted by molar-refractivity contribution is 7.90. The lowest BCUT2D eigenvalue weighted by Gasteiger charge is -2.41. The van der Waals surface area contributed by atoms with Crippen LogP contribution in [-0.2, 0) is 26.0 Å². The standard InChI is InChI=1S/C27H34ClN5O4S/c1-18(19(2)29)26(34)30-38(36,37)24-9-7-23(8-10-24)31-13-15-32(16-14-31)27(35)20(3)33-12-4-5-21-17-22(28)6-11-25(21)33/h6-11,17-18,20,29H,4-5,12-16H2,1-3H3,(H,30,34)/t18?,20-/m1/s1. The topological polar surface area (TPSA) is 114 Å². The first-order valence-electron chi connectivity index (χ1n) is 12.8. The molecule has 0 aliphatic carbocycles. The van der Waals surface area contributed by atoms with Gasteiger partial charge in [0.1, 0.15) is 6.04 Å². The van der Waals surface area contributed by atoms with Crippen LogP contribution in [0, 0.1) is 11.3 Å². The number of amides is 2. The molecule has 11 heteroatoms. The number of sulfonamides is 1. The molecule has 0 saturated carbocycles. The minimum absolute atomic E-state index is 0.0184. The smallest absolute Gasteiger partial charge is 0.264 e. The van der Waals surface area contributed by atoms with Crippen LogP contribution in [0.2, 0.25) is 5.02 Å². The fraction of sp³-hybridized carbons (Fsp3) is 0.444. The predicted molar refractivity (Wildman–Crippen MR) is 150 cm³/mol. The molecule has 2 aliphatic heterocycles. The minimum Gasteiger partial charge on any atom is -0.368 e. The highest BCUT2D eigenvalue weighted by Gasteiger charge is 2.31. The van der Waals surface area contributed by atoms with Crippen LogP contribution in [0.4, 0.5) is 11.4 Å². The van der Waals surface area contributed by atoms with Gasteiger partial charge < -0.3 is 20.1 Å². The van der Waals surface area contributed by atoms with E-state index >= 15 is 0 Å². The van der Waals surface area contributed by atoms with Crippen molar-refractivity contribution in [3.63, 3.8) is 0 Å². The zero-order valence-electron chi connectivity index (χ0n) is 21.9. The summed E-state index contributed by atoms with van der Waals surface area (Å²) in [6.45, 7) is 8.14. The molecular formula is C27H34ClN5O4S. The Morgan fingerprint density at radius 3 is 2.29 bits per heavy atom. The highest BCUT2D eigenvalue weighted by atomic mass is 35.5. The summed E-state index contributed by atoms with van der Waals surface area (Å²) < 4.78 is 27.2. The number of aryl methyl sites for hydroxylation is 1. The van der Waals surface area contributed by atoms with Crippen molar-refractivity contribution in [1.82, 2.24) is 9.62 Å². The first-order chi connectivity index (χ1) is 18.0. The van der Waals surface area contributed by atoms with Gasteiger partial charge in [0.2, 0.25) is 11.8 Å². The van der Waals surface area contributed by atoms with Crippen molar-refractivity contribution in [2.75, 3.05) is 42.5 Å². The molecular weight excluding hydrogens is 526 g/mol. The van der Waals surface area contributed by atoms with E-state index in [1.807, 2.05) is 34.7 Å². The second kappa shape index (κ2) is 11.3. The number of carbonyl (C=O) groups is 2. The largest absolute Gasteiger partial charge is 0.368 e. The van der Waals surface area contributed by atoms with Gasteiger partial charge in [-0.05, 0) is 81.6 Å². The number of anilines is 2. The summed E-state index contributed by atoms with van der Waals surface area (Å²) in [7, 11) is -4.03. The molecule has 9 nitrogen and oxygen atoms in total. The van der Waals surface area contributed by atoms with E-state index in [4.69, 9.17) is 17.0 Å². The lowest BCUT2D eigenvalue weighted by molar-refractivity contribution is -0.132. The summed E-state index contributed by atoms with van der Waals surface area (Å²) in [4.78, 5) is 31.7. The molecule has 1 saturated heterocycles. The van der Waals surface area contributed by atoms with Crippen LogP contribution in [0.5, 0.6) is 0 Å². The van der Waals surface area contributed by atoms with Crippen molar-refractivity contribution in [3.8, 4) is 0 Å². The number of nitrogens with one attached hydrogen (secondary N) is 2. The third-order valence-corrected chi connectivity index (χ3v) is 9.00. The Balaban J connectivity index is 1.35. The van der Waals surface area contributed by atoms with Gasteiger partial charge >= 0.3 is 0 Å². The van der Waals surface area contributed by atoms with E-state index in [9.17, 15) is 18.0 Å². The average molecular weight is 560 g/mol. The molecule has 1 fully saturated rings. The number of rotatable bonds is 7. The number of benzene rings is 2. The van der Waals surface area contributed by atoms with Gasteiger partial charge in [-0.15, -0.1) is 0 Å². The molecule has 2 N–H and O–H groups in total. The number of piperazine rings is 1. The van der Waals surface area contributed by atoms with Crippen LogP contribution in [0.15, 0.2) is 47.4 Å². The van der Waals surface area contributed by atoms with Gasteiger partial charge in [0.05, 0.1) is 10.8 Å². The minimum atomic E-state index is -4.03. The highest BCUT2D eigenvalue weighted by Crippen LogP contribution is 2.31. The molecule has 2 aromatic carbocycles. The first-order valence-corrected chi connectivity index (χ1v) is 14.6. The third kappa shape index (κ3) is 5.96. The normalized spacial score (nSPS) is 17.4. The number of hydrogen-bond donors (Lipinski definition) is 2. The monoisotopic (exact) mass is 559 g/mol. The van der Waals surface area contributed by atoms with E-state index in [1.54, 1.807) is 12.1 Å². The summed E-state index contributed by atoms with van der Waals surface area (Å²) in [6, 6.07) is 11.9. The molecule has 0 aromatic heterocycles. The number of nitrogens with zero attached hydrogens (tertiary/aromatic N) is 3. The molecule has 0 bridgehead atoms. The van der Waals surface area contributed by atoms with Gasteiger partial charge in [-0.25, -0.2) is 13.1 Å². The molecule has 1 unspecified atom stereocenters. The van der Waals surface area contributed by atoms with E-state index in [-0.39, 0.29) is 22.6 Å². The predicted octanol–water partition coefficient (Wildman–Crippen LogP) is 3.31. The maximum absolute atomic E-state index is 13.4. The van der Waals surface area contributed by atoms with Gasteiger partial charge in [0.25, 0.3) is 10.0 Å². The van der Waals surface area contributed by atoms with Crippen LogP contribution < -0.4 is 14.5 Å². The summed E-state index contributed by atoms with van der Waals surface area (Å²) in [5.74, 6) is -1.46. The molecule has 0 radical (unpaired) electrons. The molecule has 2 amide bonds. The SMILES string of the molecule is CC(=N)C(C)C(=O)NS(=O)(=O)c1ccc(N2CCN(C(=O)[C@@H](C)N3CCCc4cc(Cl)ccc43)CC2)cc1. The Hall–Kier alpha value is -3.11. The first kappa shape index (κ1) is 27.9. The van der Waals surface area contributed by atoms with Crippen molar-refractivity contribution in [2.45, 2.75) is 44.6 Å². The van der Waals surface area contributed by atoms with E-state index < -0.39 is 21.8 Å². The molecule has 2 atom stereocenters. The molecule has 38 heavy (non-hydrogen) atoms. The van der Waals surface area contributed by atoms with Gasteiger partial charge in [-0.2, -0.15) is 0 Å². The Bertz CT molecular complexity index is 1320. The van der Waals surface area contributed by atoms with Gasteiger partial charge in [0.15, 0.2) is 0 Å². The Morgan fingerprint density at radius 2 is 1.66 bits per heavy atom. The van der Waals surface area contributed by atoms with E-state index in [1.165, 1.54) is 31.5 Å². The Kier molecular flexibility index (Phi) is 8.32. The van der Waals surface area contributed by atoms with E-state index in [0.717, 1.165) is 30.8 Å². The maximum Gasteiger partial charge on any atom is 0.264 e. The lowest BCUT2D eigenvalue weighted by Crippen LogP contribution is -2.55. The van der Waals surface area contributed by atoms with Crippen molar-refractivity contribution in [3.05, 3.63) is 53.1 Å². The average Bonchev–Trinajstić information content (AvgIpc) is 2.91. The number of hydrogen-bond acceptors (Lipinski definition) is 7. The number of halogens is 1. The van der Waals surface area contributed by atoms with Crippen molar-refractivity contribution in [1.29, 1.82) is 5.41 Å². The van der Waals surface area contributed by atoms with Gasteiger partial charge in [0, 0.05) is 54.8 Å². The fourth-order valence-electron chi connectivity index (χ4n) is 4.89. The van der Waals surface area contributed by atoms with E-state index in [2.05, 4.69) is 9.80 Å². The van der Waals surface area contributed by atoms with Crippen LogP contribution >= 0.6 is 11.6 Å². The van der Waals surface area contributed by atoms with Crippen LogP contribution in [-0.4, -0.2) is 69.6 Å². The van der Waals surface area contributed by atoms with Gasteiger partial charge in [-0.3, -0.25) is 9.59 Å².